The number of fused-ring (bicyclic) bond motifs is 5. The first kappa shape index (κ1) is 18.4. The first-order chi connectivity index (χ1) is 12.9. The van der Waals surface area contributed by atoms with Crippen LogP contribution in [0.1, 0.15) is 65.2 Å². The number of aliphatic hydroxyl groups excluding tert-OH is 1. The Kier molecular flexibility index (Phi) is 4.38. The van der Waals surface area contributed by atoms with Crippen LogP contribution in [0.4, 0.5) is 0 Å². The second-order valence-corrected chi connectivity index (χ2v) is 10.1. The molecule has 5 aliphatic rings. The molecule has 1 spiro atoms. The maximum Gasteiger partial charge on any atom is 0.302 e. The van der Waals surface area contributed by atoms with E-state index in [4.69, 9.17) is 14.2 Å². The van der Waals surface area contributed by atoms with Gasteiger partial charge in [0.1, 0.15) is 6.10 Å². The van der Waals surface area contributed by atoms with Gasteiger partial charge in [-0.1, -0.05) is 6.92 Å². The van der Waals surface area contributed by atoms with Crippen LogP contribution in [-0.4, -0.2) is 42.3 Å². The zero-order valence-electron chi connectivity index (χ0n) is 16.7. The summed E-state index contributed by atoms with van der Waals surface area (Å²) in [6.45, 7) is 5.25. The first-order valence-electron chi connectivity index (χ1n) is 11.1. The highest BCUT2D eigenvalue weighted by molar-refractivity contribution is 5.66. The Labute approximate surface area is 162 Å². The fourth-order valence-corrected chi connectivity index (χ4v) is 7.95. The second-order valence-electron chi connectivity index (χ2n) is 10.1. The summed E-state index contributed by atoms with van der Waals surface area (Å²) in [4.78, 5) is 11.6. The van der Waals surface area contributed by atoms with Crippen molar-refractivity contribution in [2.75, 3.05) is 13.2 Å². The van der Waals surface area contributed by atoms with Crippen molar-refractivity contribution in [1.82, 2.24) is 0 Å². The fraction of sp³-hybridized carbons (Fsp3) is 0.955. The third-order valence-electron chi connectivity index (χ3n) is 9.00. The Morgan fingerprint density at radius 2 is 1.81 bits per heavy atom. The lowest BCUT2D eigenvalue weighted by atomic mass is 9.49. The summed E-state index contributed by atoms with van der Waals surface area (Å²) in [5.41, 5.74) is 0.0359. The highest BCUT2D eigenvalue weighted by atomic mass is 16.7. The Bertz CT molecular complexity index is 600. The molecule has 5 nitrogen and oxygen atoms in total. The number of hydrogen-bond donors (Lipinski definition) is 1. The summed E-state index contributed by atoms with van der Waals surface area (Å²) >= 11 is 0. The van der Waals surface area contributed by atoms with Crippen molar-refractivity contribution < 1.29 is 24.1 Å². The van der Waals surface area contributed by atoms with E-state index in [0.29, 0.717) is 42.8 Å². The molecule has 4 aliphatic carbocycles. The largest absolute Gasteiger partial charge is 0.462 e. The molecule has 5 heteroatoms. The van der Waals surface area contributed by atoms with Gasteiger partial charge < -0.3 is 19.3 Å². The Morgan fingerprint density at radius 1 is 1.07 bits per heavy atom. The van der Waals surface area contributed by atoms with E-state index >= 15 is 0 Å². The number of aliphatic hydroxyl groups is 1. The molecule has 0 bridgehead atoms. The SMILES string of the molecule is CC(=O)O[C@H]1CC[C@H]2[C@H]3[C@H](CC[C@]12C)[C@H]1CCC2(CC1C[C@@H]3O)OCCO2. The summed E-state index contributed by atoms with van der Waals surface area (Å²) < 4.78 is 17.7. The van der Waals surface area contributed by atoms with Gasteiger partial charge in [0, 0.05) is 25.2 Å². The van der Waals surface area contributed by atoms with Crippen molar-refractivity contribution >= 4 is 5.97 Å². The van der Waals surface area contributed by atoms with Gasteiger partial charge >= 0.3 is 5.97 Å². The molecule has 1 heterocycles. The molecule has 152 valence electrons. The van der Waals surface area contributed by atoms with Crippen LogP contribution in [0.25, 0.3) is 0 Å². The molecule has 5 fully saturated rings. The van der Waals surface area contributed by atoms with E-state index in [9.17, 15) is 9.90 Å². The molecule has 1 aliphatic heterocycles. The standard InChI is InChI=1S/C22H34O5/c1-13(23)27-19-4-3-17-20-16(5-7-21(17,19)2)15-6-8-22(25-9-10-26-22)12-14(15)11-18(20)24/h14-20,24H,3-12H2,1-2H3/t14?,15-,16+,17-,18-,19-,20+,21-/m0/s1. The lowest BCUT2D eigenvalue weighted by molar-refractivity contribution is -0.220. The molecule has 0 radical (unpaired) electrons. The van der Waals surface area contributed by atoms with Crippen molar-refractivity contribution in [3.8, 4) is 0 Å². The minimum atomic E-state index is -0.356. The summed E-state index contributed by atoms with van der Waals surface area (Å²) in [5, 5.41) is 11.2. The highest BCUT2D eigenvalue weighted by Gasteiger charge is 2.61. The fourth-order valence-electron chi connectivity index (χ4n) is 7.95. The number of ether oxygens (including phenoxy) is 3. The molecule has 0 aromatic rings. The van der Waals surface area contributed by atoms with Gasteiger partial charge in [-0.25, -0.2) is 0 Å². The molecular formula is C22H34O5. The first-order valence-corrected chi connectivity index (χ1v) is 11.1. The second kappa shape index (κ2) is 6.43. The van der Waals surface area contributed by atoms with Crippen LogP contribution in [-0.2, 0) is 19.0 Å². The lowest BCUT2D eigenvalue weighted by Crippen LogP contribution is -2.56. The molecule has 27 heavy (non-hydrogen) atoms. The smallest absolute Gasteiger partial charge is 0.302 e. The van der Waals surface area contributed by atoms with Crippen molar-refractivity contribution in [2.24, 2.45) is 35.0 Å². The molecule has 0 aromatic heterocycles. The van der Waals surface area contributed by atoms with Gasteiger partial charge in [0.15, 0.2) is 5.79 Å². The van der Waals surface area contributed by atoms with E-state index in [1.165, 1.54) is 6.92 Å². The van der Waals surface area contributed by atoms with Crippen LogP contribution in [0, 0.1) is 35.0 Å². The quantitative estimate of drug-likeness (QED) is 0.710. The van der Waals surface area contributed by atoms with Gasteiger partial charge in [0.2, 0.25) is 0 Å². The van der Waals surface area contributed by atoms with Gasteiger partial charge in [-0.05, 0) is 68.1 Å². The van der Waals surface area contributed by atoms with Gasteiger partial charge in [-0.2, -0.15) is 0 Å². The topological polar surface area (TPSA) is 65.0 Å². The highest BCUT2D eigenvalue weighted by Crippen LogP contribution is 2.63. The predicted octanol–water partition coefficient (Wildman–Crippen LogP) is 3.28. The Hall–Kier alpha value is -0.650. The van der Waals surface area contributed by atoms with Gasteiger partial charge in [-0.15, -0.1) is 0 Å². The molecule has 4 saturated carbocycles. The zero-order valence-corrected chi connectivity index (χ0v) is 16.7. The predicted molar refractivity (Wildman–Crippen MR) is 98.7 cm³/mol. The van der Waals surface area contributed by atoms with Crippen LogP contribution in [0.5, 0.6) is 0 Å². The number of carbonyl (C=O) groups excluding carboxylic acids is 1. The van der Waals surface area contributed by atoms with Crippen molar-refractivity contribution in [1.29, 1.82) is 0 Å². The lowest BCUT2D eigenvalue weighted by Gasteiger charge is -2.58. The number of esters is 1. The third-order valence-corrected chi connectivity index (χ3v) is 9.00. The van der Waals surface area contributed by atoms with E-state index in [0.717, 1.165) is 51.4 Å². The molecule has 0 amide bonds. The molecule has 8 atom stereocenters. The van der Waals surface area contributed by atoms with Gasteiger partial charge in [0.25, 0.3) is 0 Å². The molecule has 0 aromatic carbocycles. The van der Waals surface area contributed by atoms with Crippen LogP contribution >= 0.6 is 0 Å². The van der Waals surface area contributed by atoms with Crippen LogP contribution < -0.4 is 0 Å². The normalized spacial score (nSPS) is 50.7. The van der Waals surface area contributed by atoms with Gasteiger partial charge in [0.05, 0.1) is 19.3 Å². The minimum absolute atomic E-state index is 0.0285. The Morgan fingerprint density at radius 3 is 2.56 bits per heavy atom. The van der Waals surface area contributed by atoms with E-state index in [-0.39, 0.29) is 29.4 Å². The molecule has 1 saturated heterocycles. The number of hydrogen-bond acceptors (Lipinski definition) is 5. The summed E-state index contributed by atoms with van der Waals surface area (Å²) in [7, 11) is 0. The van der Waals surface area contributed by atoms with E-state index in [1.54, 1.807) is 0 Å². The minimum Gasteiger partial charge on any atom is -0.462 e. The Balaban J connectivity index is 1.36. The van der Waals surface area contributed by atoms with Crippen LogP contribution in [0.2, 0.25) is 0 Å². The molecular weight excluding hydrogens is 344 g/mol. The van der Waals surface area contributed by atoms with Crippen molar-refractivity contribution in [2.45, 2.75) is 83.2 Å². The van der Waals surface area contributed by atoms with E-state index in [2.05, 4.69) is 6.92 Å². The molecule has 1 unspecified atom stereocenters. The maximum absolute atomic E-state index is 11.6. The zero-order chi connectivity index (χ0) is 18.8. The van der Waals surface area contributed by atoms with Gasteiger partial charge in [-0.3, -0.25) is 4.79 Å². The van der Waals surface area contributed by atoms with Crippen molar-refractivity contribution in [3.05, 3.63) is 0 Å². The average Bonchev–Trinajstić information content (AvgIpc) is 3.19. The van der Waals surface area contributed by atoms with E-state index in [1.807, 2.05) is 0 Å². The molecule has 1 N–H and O–H groups in total. The maximum atomic E-state index is 11.6. The third kappa shape index (κ3) is 2.79. The molecule has 5 rings (SSSR count). The van der Waals surface area contributed by atoms with E-state index < -0.39 is 0 Å². The number of rotatable bonds is 1. The van der Waals surface area contributed by atoms with Crippen LogP contribution in [0.3, 0.4) is 0 Å². The summed E-state index contributed by atoms with van der Waals surface area (Å²) in [6.07, 6.45) is 8.10. The number of carbonyl (C=O) groups is 1. The van der Waals surface area contributed by atoms with Crippen molar-refractivity contribution in [3.63, 3.8) is 0 Å². The average molecular weight is 379 g/mol. The summed E-state index contributed by atoms with van der Waals surface area (Å²) in [5.74, 6) is 2.13. The monoisotopic (exact) mass is 378 g/mol. The van der Waals surface area contributed by atoms with Crippen LogP contribution in [0.15, 0.2) is 0 Å². The summed E-state index contributed by atoms with van der Waals surface area (Å²) in [6, 6.07) is 0.